The average Bonchev–Trinajstić information content (AvgIpc) is 2.28. The summed E-state index contributed by atoms with van der Waals surface area (Å²) in [5, 5.41) is 0. The summed E-state index contributed by atoms with van der Waals surface area (Å²) in [6, 6.07) is 5.29. The molecule has 0 fully saturated rings. The van der Waals surface area contributed by atoms with Crippen molar-refractivity contribution < 1.29 is 27.4 Å². The Morgan fingerprint density at radius 2 is 2.06 bits per heavy atom. The van der Waals surface area contributed by atoms with Gasteiger partial charge in [-0.15, -0.1) is 0 Å². The van der Waals surface area contributed by atoms with Crippen molar-refractivity contribution in [1.29, 1.82) is 0 Å². The highest BCUT2D eigenvalue weighted by molar-refractivity contribution is 5.79. The van der Waals surface area contributed by atoms with Crippen LogP contribution in [0.4, 0.5) is 13.2 Å². The van der Waals surface area contributed by atoms with Gasteiger partial charge in [0.05, 0.1) is 13.7 Å². The molecule has 0 saturated carbocycles. The molecule has 0 N–H and O–H groups in total. The van der Waals surface area contributed by atoms with Gasteiger partial charge in [-0.3, -0.25) is 4.79 Å². The Morgan fingerprint density at radius 1 is 1.39 bits per heavy atom. The Balaban J connectivity index is 3.13. The smallest absolute Gasteiger partial charge is 0.406 e. The molecule has 0 radical (unpaired) electrons. The van der Waals surface area contributed by atoms with E-state index in [-0.39, 0.29) is 17.9 Å². The number of rotatable bonds is 4. The van der Waals surface area contributed by atoms with Crippen LogP contribution in [0.5, 0.6) is 5.75 Å². The maximum Gasteiger partial charge on any atom is 0.406 e. The highest BCUT2D eigenvalue weighted by atomic mass is 19.4. The summed E-state index contributed by atoms with van der Waals surface area (Å²) in [6.45, 7) is 1.35. The van der Waals surface area contributed by atoms with Crippen LogP contribution in [-0.2, 0) is 9.53 Å². The van der Waals surface area contributed by atoms with Crippen molar-refractivity contribution in [2.24, 2.45) is 0 Å². The van der Waals surface area contributed by atoms with Crippen LogP contribution in [0.15, 0.2) is 24.3 Å². The van der Waals surface area contributed by atoms with Crippen LogP contribution in [0.1, 0.15) is 18.4 Å². The van der Waals surface area contributed by atoms with E-state index in [1.54, 1.807) is 0 Å². The molecule has 1 unspecified atom stereocenters. The third kappa shape index (κ3) is 3.38. The molecule has 6 heteroatoms. The van der Waals surface area contributed by atoms with E-state index in [0.29, 0.717) is 0 Å². The molecule has 1 atom stereocenters. The molecule has 0 spiro atoms. The zero-order valence-corrected chi connectivity index (χ0v) is 9.95. The molecule has 0 amide bonds. The van der Waals surface area contributed by atoms with Gasteiger partial charge in [0.15, 0.2) is 5.92 Å². The molecule has 100 valence electrons. The van der Waals surface area contributed by atoms with Crippen LogP contribution < -0.4 is 4.74 Å². The summed E-state index contributed by atoms with van der Waals surface area (Å²) in [7, 11) is 1.34. The van der Waals surface area contributed by atoms with Gasteiger partial charge < -0.3 is 9.47 Å². The van der Waals surface area contributed by atoms with E-state index in [9.17, 15) is 18.0 Å². The first-order chi connectivity index (χ1) is 8.40. The van der Waals surface area contributed by atoms with Crippen LogP contribution in [-0.4, -0.2) is 25.9 Å². The van der Waals surface area contributed by atoms with E-state index in [1.807, 2.05) is 0 Å². The highest BCUT2D eigenvalue weighted by Crippen LogP contribution is 2.36. The van der Waals surface area contributed by atoms with E-state index in [0.717, 1.165) is 0 Å². The minimum atomic E-state index is -4.70. The molecular formula is C12H13F3O3. The van der Waals surface area contributed by atoms with Crippen LogP contribution in [0.25, 0.3) is 0 Å². The van der Waals surface area contributed by atoms with Gasteiger partial charge in [-0.25, -0.2) is 0 Å². The molecule has 0 aromatic heterocycles. The topological polar surface area (TPSA) is 35.5 Å². The maximum atomic E-state index is 12.9. The third-order valence-corrected chi connectivity index (χ3v) is 2.28. The first-order valence-electron chi connectivity index (χ1n) is 5.27. The lowest BCUT2D eigenvalue weighted by Gasteiger charge is -2.19. The molecule has 0 bridgehead atoms. The summed E-state index contributed by atoms with van der Waals surface area (Å²) in [6.07, 6.45) is -4.70. The quantitative estimate of drug-likeness (QED) is 0.783. The molecule has 18 heavy (non-hydrogen) atoms. The monoisotopic (exact) mass is 262 g/mol. The zero-order chi connectivity index (χ0) is 13.8. The van der Waals surface area contributed by atoms with Gasteiger partial charge in [0.1, 0.15) is 5.75 Å². The number of methoxy groups -OCH3 is 1. The number of carbonyl (C=O) groups is 1. The summed E-state index contributed by atoms with van der Waals surface area (Å²) in [5.74, 6) is -3.34. The largest absolute Gasteiger partial charge is 0.497 e. The first kappa shape index (κ1) is 14.3. The van der Waals surface area contributed by atoms with Crippen LogP contribution in [0.3, 0.4) is 0 Å². The zero-order valence-electron chi connectivity index (χ0n) is 9.95. The number of esters is 1. The minimum Gasteiger partial charge on any atom is -0.497 e. The van der Waals surface area contributed by atoms with Crippen molar-refractivity contribution in [2.45, 2.75) is 19.0 Å². The van der Waals surface area contributed by atoms with E-state index >= 15 is 0 Å². The van der Waals surface area contributed by atoms with Crippen molar-refractivity contribution in [3.63, 3.8) is 0 Å². The average molecular weight is 262 g/mol. The van der Waals surface area contributed by atoms with E-state index < -0.39 is 18.1 Å². The van der Waals surface area contributed by atoms with Crippen LogP contribution in [0.2, 0.25) is 0 Å². The lowest BCUT2D eigenvalue weighted by molar-refractivity contribution is -0.180. The summed E-state index contributed by atoms with van der Waals surface area (Å²) < 4.78 is 47.9. The van der Waals surface area contributed by atoms with Crippen LogP contribution >= 0.6 is 0 Å². The third-order valence-electron chi connectivity index (χ3n) is 2.28. The number of alkyl halides is 3. The van der Waals surface area contributed by atoms with E-state index in [1.165, 1.54) is 38.3 Å². The van der Waals surface area contributed by atoms with Crippen molar-refractivity contribution in [1.82, 2.24) is 0 Å². The second-order valence-electron chi connectivity index (χ2n) is 3.50. The van der Waals surface area contributed by atoms with Gasteiger partial charge in [-0.2, -0.15) is 13.2 Å². The minimum absolute atomic E-state index is 0.102. The lowest BCUT2D eigenvalue weighted by Crippen LogP contribution is -2.30. The Hall–Kier alpha value is -1.72. The highest BCUT2D eigenvalue weighted by Gasteiger charge is 2.47. The van der Waals surface area contributed by atoms with Gasteiger partial charge in [0.25, 0.3) is 0 Å². The Morgan fingerprint density at radius 3 is 2.56 bits per heavy atom. The number of carbonyl (C=O) groups excluding carboxylic acids is 1. The summed E-state index contributed by atoms with van der Waals surface area (Å²) in [5.41, 5.74) is -0.194. The SMILES string of the molecule is CCOC(=O)C(c1cccc(OC)c1)C(F)(F)F. The van der Waals surface area contributed by atoms with Gasteiger partial charge in [-0.05, 0) is 24.6 Å². The fourth-order valence-corrected chi connectivity index (χ4v) is 1.51. The number of hydrogen-bond donors (Lipinski definition) is 0. The second kappa shape index (κ2) is 5.75. The molecule has 1 aromatic carbocycles. The lowest BCUT2D eigenvalue weighted by atomic mass is 9.98. The number of halogens is 3. The van der Waals surface area contributed by atoms with Gasteiger partial charge in [0, 0.05) is 0 Å². The second-order valence-corrected chi connectivity index (χ2v) is 3.50. The summed E-state index contributed by atoms with van der Waals surface area (Å²) >= 11 is 0. The standard InChI is InChI=1S/C12H13F3O3/c1-3-18-11(16)10(12(13,14)15)8-5-4-6-9(7-8)17-2/h4-7,10H,3H2,1-2H3. The molecule has 0 heterocycles. The molecule has 1 aromatic rings. The predicted molar refractivity (Wildman–Crippen MR) is 58.4 cm³/mol. The molecule has 3 nitrogen and oxygen atoms in total. The number of benzene rings is 1. The fraction of sp³-hybridized carbons (Fsp3) is 0.417. The van der Waals surface area contributed by atoms with E-state index in [4.69, 9.17) is 4.74 Å². The van der Waals surface area contributed by atoms with Gasteiger partial charge in [0.2, 0.25) is 0 Å². The fourth-order valence-electron chi connectivity index (χ4n) is 1.51. The Bertz CT molecular complexity index is 415. The molecule has 1 rings (SSSR count). The predicted octanol–water partition coefficient (Wildman–Crippen LogP) is 2.90. The molecule has 0 aliphatic carbocycles. The first-order valence-corrected chi connectivity index (χ1v) is 5.27. The normalized spacial score (nSPS) is 12.9. The number of hydrogen-bond acceptors (Lipinski definition) is 3. The maximum absolute atomic E-state index is 12.9. The molecular weight excluding hydrogens is 249 g/mol. The van der Waals surface area contributed by atoms with Gasteiger partial charge >= 0.3 is 12.1 Å². The van der Waals surface area contributed by atoms with Crippen LogP contribution in [0, 0.1) is 0 Å². The summed E-state index contributed by atoms with van der Waals surface area (Å²) in [4.78, 5) is 11.4. The molecule has 0 aliphatic rings. The van der Waals surface area contributed by atoms with Crippen molar-refractivity contribution in [2.75, 3.05) is 13.7 Å². The van der Waals surface area contributed by atoms with Crippen molar-refractivity contribution in [3.8, 4) is 5.75 Å². The molecule has 0 aliphatic heterocycles. The number of ether oxygens (including phenoxy) is 2. The van der Waals surface area contributed by atoms with Crippen molar-refractivity contribution in [3.05, 3.63) is 29.8 Å². The molecule has 0 saturated heterocycles. The van der Waals surface area contributed by atoms with E-state index in [2.05, 4.69) is 4.74 Å². The van der Waals surface area contributed by atoms with Crippen molar-refractivity contribution >= 4 is 5.97 Å². The van der Waals surface area contributed by atoms with Gasteiger partial charge in [-0.1, -0.05) is 12.1 Å². The Labute approximate surface area is 103 Å². The Kier molecular flexibility index (Phi) is 4.58.